The Morgan fingerprint density at radius 1 is 1.19 bits per heavy atom. The maximum atomic E-state index is 12.6. The number of alkyl halides is 3. The smallest absolute Gasteiger partial charge is 0.420 e. The van der Waals surface area contributed by atoms with Crippen LogP contribution < -0.4 is 4.74 Å². The van der Waals surface area contributed by atoms with E-state index in [0.717, 1.165) is 12.1 Å². The summed E-state index contributed by atoms with van der Waals surface area (Å²) in [6.45, 7) is 5.66. The third kappa shape index (κ3) is 4.08. The molecule has 1 rings (SSSR count). The van der Waals surface area contributed by atoms with Crippen molar-refractivity contribution in [3.8, 4) is 5.75 Å². The number of ether oxygens (including phenoxy) is 1. The van der Waals surface area contributed by atoms with Crippen LogP contribution in [0.2, 0.25) is 0 Å². The van der Waals surface area contributed by atoms with Gasteiger partial charge in [0.1, 0.15) is 17.1 Å². The molecule has 5 heteroatoms. The van der Waals surface area contributed by atoms with Crippen LogP contribution in [-0.2, 0) is 6.18 Å². The van der Waals surface area contributed by atoms with Crippen molar-refractivity contribution in [3.05, 3.63) is 29.6 Å². The van der Waals surface area contributed by atoms with Crippen molar-refractivity contribution >= 4 is 0 Å². The lowest BCUT2D eigenvalue weighted by Crippen LogP contribution is -2.09. The number of benzene rings is 1. The fourth-order valence-corrected chi connectivity index (χ4v) is 1.01. The Morgan fingerprint density at radius 3 is 2.19 bits per heavy atom. The molecule has 0 unspecified atom stereocenters. The van der Waals surface area contributed by atoms with Crippen LogP contribution in [0.15, 0.2) is 18.2 Å². The molecule has 0 amide bonds. The van der Waals surface area contributed by atoms with E-state index in [0.29, 0.717) is 6.07 Å². The second-order valence-electron chi connectivity index (χ2n) is 2.57. The average molecular weight is 238 g/mol. The fraction of sp³-hybridized carbons (Fsp3) is 0.455. The SMILES string of the molecule is CC.CCOc1ccc(F)cc1C(F)(F)F. The van der Waals surface area contributed by atoms with Gasteiger partial charge in [-0.25, -0.2) is 4.39 Å². The first kappa shape index (κ1) is 14.7. The Bertz CT molecular complexity index is 320. The lowest BCUT2D eigenvalue weighted by atomic mass is 10.2. The molecule has 0 fully saturated rings. The number of rotatable bonds is 2. The normalized spacial score (nSPS) is 10.4. The Kier molecular flexibility index (Phi) is 5.85. The maximum Gasteiger partial charge on any atom is 0.420 e. The molecule has 1 aromatic carbocycles. The molecule has 0 aromatic heterocycles. The molecule has 0 atom stereocenters. The summed E-state index contributed by atoms with van der Waals surface area (Å²) in [4.78, 5) is 0. The quantitative estimate of drug-likeness (QED) is 0.699. The first-order valence-corrected chi connectivity index (χ1v) is 4.94. The van der Waals surface area contributed by atoms with E-state index in [1.807, 2.05) is 13.8 Å². The minimum atomic E-state index is -4.59. The Hall–Kier alpha value is -1.26. The van der Waals surface area contributed by atoms with E-state index < -0.39 is 17.6 Å². The predicted octanol–water partition coefficient (Wildman–Crippen LogP) is 4.27. The minimum absolute atomic E-state index is 0.106. The fourth-order valence-electron chi connectivity index (χ4n) is 1.01. The lowest BCUT2D eigenvalue weighted by Gasteiger charge is -2.12. The van der Waals surface area contributed by atoms with Gasteiger partial charge in [-0.3, -0.25) is 0 Å². The van der Waals surface area contributed by atoms with Gasteiger partial charge in [-0.15, -0.1) is 0 Å². The molecule has 0 saturated heterocycles. The van der Waals surface area contributed by atoms with Crippen LogP contribution in [0.25, 0.3) is 0 Å². The summed E-state index contributed by atoms with van der Waals surface area (Å²) in [6, 6.07) is 2.33. The molecule has 0 heterocycles. The average Bonchev–Trinajstić information content (AvgIpc) is 2.22. The minimum Gasteiger partial charge on any atom is -0.493 e. The first-order valence-electron chi connectivity index (χ1n) is 4.94. The third-order valence-corrected chi connectivity index (χ3v) is 1.55. The number of halogens is 4. The molecule has 0 aliphatic heterocycles. The molecule has 92 valence electrons. The second-order valence-corrected chi connectivity index (χ2v) is 2.57. The Balaban J connectivity index is 0.00000106. The molecule has 0 spiro atoms. The molecule has 0 radical (unpaired) electrons. The van der Waals surface area contributed by atoms with Gasteiger partial charge in [0, 0.05) is 0 Å². The maximum absolute atomic E-state index is 12.6. The first-order chi connectivity index (χ1) is 7.45. The Morgan fingerprint density at radius 2 is 1.75 bits per heavy atom. The second kappa shape index (κ2) is 6.35. The zero-order valence-electron chi connectivity index (χ0n) is 9.36. The van der Waals surface area contributed by atoms with Gasteiger partial charge >= 0.3 is 6.18 Å². The van der Waals surface area contributed by atoms with Crippen molar-refractivity contribution in [3.63, 3.8) is 0 Å². The van der Waals surface area contributed by atoms with E-state index in [4.69, 9.17) is 4.74 Å². The van der Waals surface area contributed by atoms with Crippen LogP contribution >= 0.6 is 0 Å². The summed E-state index contributed by atoms with van der Waals surface area (Å²) < 4.78 is 54.2. The van der Waals surface area contributed by atoms with Gasteiger partial charge in [-0.05, 0) is 25.1 Å². The highest BCUT2D eigenvalue weighted by Gasteiger charge is 2.34. The van der Waals surface area contributed by atoms with Crippen LogP contribution in [0.3, 0.4) is 0 Å². The summed E-state index contributed by atoms with van der Waals surface area (Å²) in [5, 5.41) is 0. The molecule has 0 aliphatic carbocycles. The largest absolute Gasteiger partial charge is 0.493 e. The summed E-state index contributed by atoms with van der Waals surface area (Å²) in [6.07, 6.45) is -4.59. The van der Waals surface area contributed by atoms with Gasteiger partial charge in [0.25, 0.3) is 0 Å². The van der Waals surface area contributed by atoms with Crippen molar-refractivity contribution < 1.29 is 22.3 Å². The molecule has 0 saturated carbocycles. The van der Waals surface area contributed by atoms with E-state index in [1.165, 1.54) is 0 Å². The standard InChI is InChI=1S/C9H8F4O.C2H6/c1-2-14-8-4-3-6(10)5-7(8)9(11,12)13;1-2/h3-5H,2H2,1H3;1-2H3. The third-order valence-electron chi connectivity index (χ3n) is 1.55. The van der Waals surface area contributed by atoms with Gasteiger partial charge in [-0.2, -0.15) is 13.2 Å². The van der Waals surface area contributed by atoms with Crippen molar-refractivity contribution in [2.75, 3.05) is 6.61 Å². The van der Waals surface area contributed by atoms with Gasteiger partial charge in [0.2, 0.25) is 0 Å². The van der Waals surface area contributed by atoms with E-state index in [9.17, 15) is 17.6 Å². The highest BCUT2D eigenvalue weighted by molar-refractivity contribution is 5.36. The summed E-state index contributed by atoms with van der Waals surface area (Å²) in [7, 11) is 0. The van der Waals surface area contributed by atoms with Gasteiger partial charge in [0.15, 0.2) is 0 Å². The summed E-state index contributed by atoms with van der Waals surface area (Å²) in [5.41, 5.74) is -1.08. The zero-order valence-corrected chi connectivity index (χ0v) is 9.36. The van der Waals surface area contributed by atoms with Crippen LogP contribution in [0, 0.1) is 5.82 Å². The van der Waals surface area contributed by atoms with Crippen molar-refractivity contribution in [1.29, 1.82) is 0 Å². The number of hydrogen-bond donors (Lipinski definition) is 0. The van der Waals surface area contributed by atoms with Crippen molar-refractivity contribution in [2.45, 2.75) is 26.9 Å². The molecule has 0 bridgehead atoms. The van der Waals surface area contributed by atoms with E-state index >= 15 is 0 Å². The molecule has 0 aliphatic rings. The van der Waals surface area contributed by atoms with Crippen molar-refractivity contribution in [2.24, 2.45) is 0 Å². The Labute approximate surface area is 92.0 Å². The highest BCUT2D eigenvalue weighted by atomic mass is 19.4. The van der Waals surface area contributed by atoms with E-state index in [-0.39, 0.29) is 12.4 Å². The monoisotopic (exact) mass is 238 g/mol. The van der Waals surface area contributed by atoms with E-state index in [1.54, 1.807) is 6.92 Å². The van der Waals surface area contributed by atoms with Crippen LogP contribution in [0.5, 0.6) is 5.75 Å². The van der Waals surface area contributed by atoms with Gasteiger partial charge in [-0.1, -0.05) is 13.8 Å². The molecule has 1 aromatic rings. The molecule has 16 heavy (non-hydrogen) atoms. The lowest BCUT2D eigenvalue weighted by molar-refractivity contribution is -0.139. The highest BCUT2D eigenvalue weighted by Crippen LogP contribution is 2.36. The summed E-state index contributed by atoms with van der Waals surface area (Å²) >= 11 is 0. The van der Waals surface area contributed by atoms with Crippen LogP contribution in [0.4, 0.5) is 17.6 Å². The molecule has 1 nitrogen and oxygen atoms in total. The van der Waals surface area contributed by atoms with Gasteiger partial charge in [0.05, 0.1) is 6.61 Å². The topological polar surface area (TPSA) is 9.23 Å². The van der Waals surface area contributed by atoms with Crippen molar-refractivity contribution in [1.82, 2.24) is 0 Å². The van der Waals surface area contributed by atoms with E-state index in [2.05, 4.69) is 0 Å². The zero-order chi connectivity index (χ0) is 12.8. The summed E-state index contributed by atoms with van der Waals surface area (Å²) in [5.74, 6) is -1.28. The number of hydrogen-bond acceptors (Lipinski definition) is 1. The molecular formula is C11H14F4O. The van der Waals surface area contributed by atoms with Gasteiger partial charge < -0.3 is 4.74 Å². The molecule has 0 N–H and O–H groups in total. The predicted molar refractivity (Wildman–Crippen MR) is 53.9 cm³/mol. The van der Waals surface area contributed by atoms with Crippen LogP contribution in [-0.4, -0.2) is 6.61 Å². The van der Waals surface area contributed by atoms with Crippen LogP contribution in [0.1, 0.15) is 26.3 Å². The molecular weight excluding hydrogens is 224 g/mol.